The number of hydrogen-bond donors (Lipinski definition) is 1. The third-order valence-electron chi connectivity index (χ3n) is 2.27. The third-order valence-corrected chi connectivity index (χ3v) is 2.27. The molecule has 0 spiro atoms. The van der Waals surface area contributed by atoms with E-state index < -0.39 is 11.5 Å². The fraction of sp³-hybridized carbons (Fsp3) is 0.273. The molecule has 0 amide bonds. The number of aromatic nitrogens is 1. The number of aldehydes is 1. The van der Waals surface area contributed by atoms with E-state index in [-0.39, 0.29) is 5.57 Å². The molecule has 0 aliphatic carbocycles. The zero-order chi connectivity index (χ0) is 11.6. The van der Waals surface area contributed by atoms with Gasteiger partial charge in [-0.15, -0.1) is 0 Å². The predicted octanol–water partition coefficient (Wildman–Crippen LogP) is 1.39. The number of aliphatic hydroxyl groups excluding tert-OH is 1. The average Bonchev–Trinajstić information content (AvgIpc) is 2.47. The number of Topliss-reactive ketones (excluding diaryl/α,β-unsaturated/α-hetero) is 1. The SMILES string of the molecule is CC(=O)/C(O)=C(\C=O)c1cc(C)n(C)c1. The Hall–Kier alpha value is -1.84. The molecule has 0 atom stereocenters. The lowest BCUT2D eigenvalue weighted by atomic mass is 10.1. The monoisotopic (exact) mass is 207 g/mol. The molecule has 0 radical (unpaired) electrons. The minimum Gasteiger partial charge on any atom is -0.504 e. The van der Waals surface area contributed by atoms with E-state index in [4.69, 9.17) is 0 Å². The minimum atomic E-state index is -0.515. The van der Waals surface area contributed by atoms with Gasteiger partial charge in [-0.25, -0.2) is 0 Å². The summed E-state index contributed by atoms with van der Waals surface area (Å²) >= 11 is 0. The molecule has 1 aromatic rings. The highest BCUT2D eigenvalue weighted by Crippen LogP contribution is 2.18. The first-order valence-corrected chi connectivity index (χ1v) is 4.50. The number of aryl methyl sites for hydroxylation is 2. The first kappa shape index (κ1) is 11.2. The molecule has 1 rings (SSSR count). The molecular formula is C11H13NO3. The molecule has 1 heterocycles. The predicted molar refractivity (Wildman–Crippen MR) is 56.4 cm³/mol. The van der Waals surface area contributed by atoms with Crippen LogP contribution in [0.4, 0.5) is 0 Å². The van der Waals surface area contributed by atoms with E-state index in [1.165, 1.54) is 6.92 Å². The standard InChI is InChI=1S/C11H13NO3/c1-7-4-9(5-12(7)3)10(6-13)11(15)8(2)14/h4-6,15H,1-3H3/b11-10-. The molecule has 0 fully saturated rings. The Morgan fingerprint density at radius 2 is 2.13 bits per heavy atom. The van der Waals surface area contributed by atoms with Gasteiger partial charge in [0.2, 0.25) is 0 Å². The van der Waals surface area contributed by atoms with E-state index in [0.717, 1.165) is 5.69 Å². The van der Waals surface area contributed by atoms with Gasteiger partial charge in [-0.05, 0) is 13.0 Å². The zero-order valence-corrected chi connectivity index (χ0v) is 8.94. The van der Waals surface area contributed by atoms with Crippen molar-refractivity contribution in [3.63, 3.8) is 0 Å². The van der Waals surface area contributed by atoms with Crippen molar-refractivity contribution in [2.45, 2.75) is 13.8 Å². The normalized spacial score (nSPS) is 12.2. The van der Waals surface area contributed by atoms with E-state index in [1.54, 1.807) is 12.3 Å². The molecule has 0 unspecified atom stereocenters. The van der Waals surface area contributed by atoms with Gasteiger partial charge in [-0.2, -0.15) is 0 Å². The quantitative estimate of drug-likeness (QED) is 0.463. The molecular weight excluding hydrogens is 194 g/mol. The second-order valence-corrected chi connectivity index (χ2v) is 3.42. The summed E-state index contributed by atoms with van der Waals surface area (Å²) in [6.45, 7) is 3.09. The van der Waals surface area contributed by atoms with Gasteiger partial charge < -0.3 is 9.67 Å². The van der Waals surface area contributed by atoms with Crippen LogP contribution in [0.1, 0.15) is 18.2 Å². The number of allylic oxidation sites excluding steroid dienone is 2. The zero-order valence-electron chi connectivity index (χ0n) is 8.94. The van der Waals surface area contributed by atoms with Gasteiger partial charge in [0.05, 0.1) is 5.57 Å². The average molecular weight is 207 g/mol. The molecule has 0 saturated carbocycles. The van der Waals surface area contributed by atoms with Gasteiger partial charge in [0.1, 0.15) is 0 Å². The molecule has 4 heteroatoms. The van der Waals surface area contributed by atoms with Gasteiger partial charge in [0.15, 0.2) is 17.8 Å². The third kappa shape index (κ3) is 2.15. The summed E-state index contributed by atoms with van der Waals surface area (Å²) in [6, 6.07) is 1.74. The molecule has 0 bridgehead atoms. The lowest BCUT2D eigenvalue weighted by Crippen LogP contribution is -2.00. The Morgan fingerprint density at radius 3 is 2.47 bits per heavy atom. The maximum absolute atomic E-state index is 10.9. The smallest absolute Gasteiger partial charge is 0.194 e. The summed E-state index contributed by atoms with van der Waals surface area (Å²) in [5, 5.41) is 9.43. The van der Waals surface area contributed by atoms with Crippen LogP contribution >= 0.6 is 0 Å². The Balaban J connectivity index is 3.30. The van der Waals surface area contributed by atoms with Crippen molar-refractivity contribution >= 4 is 17.6 Å². The molecule has 0 aliphatic heterocycles. The van der Waals surface area contributed by atoms with Crippen molar-refractivity contribution < 1.29 is 14.7 Å². The van der Waals surface area contributed by atoms with Crippen molar-refractivity contribution in [1.29, 1.82) is 0 Å². The second kappa shape index (κ2) is 4.13. The van der Waals surface area contributed by atoms with Crippen LogP contribution in [0.15, 0.2) is 18.0 Å². The molecule has 4 nitrogen and oxygen atoms in total. The second-order valence-electron chi connectivity index (χ2n) is 3.42. The summed E-state index contributed by atoms with van der Waals surface area (Å²) in [6.07, 6.45) is 2.18. The van der Waals surface area contributed by atoms with E-state index >= 15 is 0 Å². The first-order valence-electron chi connectivity index (χ1n) is 4.50. The largest absolute Gasteiger partial charge is 0.504 e. The number of rotatable bonds is 3. The van der Waals surface area contributed by atoms with Gasteiger partial charge in [0.25, 0.3) is 0 Å². The van der Waals surface area contributed by atoms with Crippen molar-refractivity contribution in [1.82, 2.24) is 4.57 Å². The summed E-state index contributed by atoms with van der Waals surface area (Å²) in [7, 11) is 1.83. The van der Waals surface area contributed by atoms with E-state index in [2.05, 4.69) is 0 Å². The fourth-order valence-electron chi connectivity index (χ4n) is 1.27. The van der Waals surface area contributed by atoms with Gasteiger partial charge >= 0.3 is 0 Å². The van der Waals surface area contributed by atoms with Gasteiger partial charge in [-0.3, -0.25) is 9.59 Å². The minimum absolute atomic E-state index is 0.0335. The Labute approximate surface area is 87.8 Å². The van der Waals surface area contributed by atoms with Crippen LogP contribution in [0, 0.1) is 6.92 Å². The Bertz CT molecular complexity index is 421. The molecule has 15 heavy (non-hydrogen) atoms. The van der Waals surface area contributed by atoms with Crippen LogP contribution in [0.25, 0.3) is 5.57 Å². The van der Waals surface area contributed by atoms with Gasteiger partial charge in [-0.1, -0.05) is 0 Å². The lowest BCUT2D eigenvalue weighted by Gasteiger charge is -1.98. The van der Waals surface area contributed by atoms with Crippen LogP contribution < -0.4 is 0 Å². The summed E-state index contributed by atoms with van der Waals surface area (Å²) in [5.74, 6) is -1.01. The van der Waals surface area contributed by atoms with Crippen LogP contribution in [-0.2, 0) is 16.6 Å². The molecule has 0 aliphatic rings. The van der Waals surface area contributed by atoms with Gasteiger partial charge in [0, 0.05) is 31.4 Å². The number of aliphatic hydroxyl groups is 1. The number of ketones is 1. The summed E-state index contributed by atoms with van der Waals surface area (Å²) < 4.78 is 1.81. The lowest BCUT2D eigenvalue weighted by molar-refractivity contribution is -0.116. The highest BCUT2D eigenvalue weighted by atomic mass is 16.3. The molecule has 0 aromatic carbocycles. The Kier molecular flexibility index (Phi) is 3.09. The summed E-state index contributed by atoms with van der Waals surface area (Å²) in [4.78, 5) is 21.7. The van der Waals surface area contributed by atoms with E-state index in [9.17, 15) is 14.7 Å². The Morgan fingerprint density at radius 1 is 1.53 bits per heavy atom. The highest BCUT2D eigenvalue weighted by molar-refractivity contribution is 6.15. The highest BCUT2D eigenvalue weighted by Gasteiger charge is 2.13. The topological polar surface area (TPSA) is 59.3 Å². The molecule has 0 saturated heterocycles. The van der Waals surface area contributed by atoms with Crippen molar-refractivity contribution in [2.24, 2.45) is 7.05 Å². The maximum Gasteiger partial charge on any atom is 0.194 e. The van der Waals surface area contributed by atoms with Crippen LogP contribution in [0.5, 0.6) is 0 Å². The van der Waals surface area contributed by atoms with E-state index in [1.807, 2.05) is 18.5 Å². The van der Waals surface area contributed by atoms with Crippen LogP contribution in [0.2, 0.25) is 0 Å². The van der Waals surface area contributed by atoms with Crippen molar-refractivity contribution in [3.8, 4) is 0 Å². The van der Waals surface area contributed by atoms with Crippen LogP contribution in [0.3, 0.4) is 0 Å². The fourth-order valence-corrected chi connectivity index (χ4v) is 1.27. The number of carbonyl (C=O) groups is 2. The number of nitrogens with zero attached hydrogens (tertiary/aromatic N) is 1. The van der Waals surface area contributed by atoms with Crippen molar-refractivity contribution in [2.75, 3.05) is 0 Å². The van der Waals surface area contributed by atoms with Crippen molar-refractivity contribution in [3.05, 3.63) is 29.3 Å². The molecule has 1 N–H and O–H groups in total. The van der Waals surface area contributed by atoms with Crippen LogP contribution in [-0.4, -0.2) is 21.7 Å². The first-order chi connectivity index (χ1) is 6.97. The molecule has 80 valence electrons. The maximum atomic E-state index is 10.9. The summed E-state index contributed by atoms with van der Waals surface area (Å²) in [5.41, 5.74) is 1.53. The van der Waals surface area contributed by atoms with E-state index in [0.29, 0.717) is 11.8 Å². The molecule has 1 aromatic heterocycles. The number of hydrogen-bond acceptors (Lipinski definition) is 3. The number of carbonyl (C=O) groups excluding carboxylic acids is 2.